The van der Waals surface area contributed by atoms with Crippen molar-refractivity contribution in [3.63, 3.8) is 0 Å². The third kappa shape index (κ3) is 6.83. The van der Waals surface area contributed by atoms with Crippen molar-refractivity contribution in [2.45, 2.75) is 26.3 Å². The molecule has 33 heavy (non-hydrogen) atoms. The van der Waals surface area contributed by atoms with E-state index < -0.39 is 10.0 Å². The molecule has 1 N–H and O–H groups in total. The molecule has 0 heterocycles. The van der Waals surface area contributed by atoms with E-state index in [4.69, 9.17) is 4.74 Å². The van der Waals surface area contributed by atoms with Gasteiger partial charge in [-0.1, -0.05) is 49.4 Å². The SMILES string of the molecule is CCOc1ccc(N(Cc2ccc(C(=O)NC[C@@H](C)c3ccccc3)cc2)S(C)(=O)=O)cc1. The Kier molecular flexibility index (Phi) is 8.11. The Balaban J connectivity index is 1.65. The van der Waals surface area contributed by atoms with Crippen LogP contribution in [0.2, 0.25) is 0 Å². The van der Waals surface area contributed by atoms with E-state index >= 15 is 0 Å². The van der Waals surface area contributed by atoms with E-state index in [9.17, 15) is 13.2 Å². The van der Waals surface area contributed by atoms with Crippen molar-refractivity contribution in [1.82, 2.24) is 5.32 Å². The lowest BCUT2D eigenvalue weighted by atomic mass is 10.0. The van der Waals surface area contributed by atoms with Gasteiger partial charge in [-0.3, -0.25) is 9.10 Å². The van der Waals surface area contributed by atoms with E-state index in [1.54, 1.807) is 48.5 Å². The van der Waals surface area contributed by atoms with E-state index in [0.717, 1.165) is 5.56 Å². The minimum absolute atomic E-state index is 0.157. The van der Waals surface area contributed by atoms with Crippen LogP contribution in [0.25, 0.3) is 0 Å². The zero-order valence-corrected chi connectivity index (χ0v) is 20.0. The molecule has 1 amide bonds. The zero-order chi connectivity index (χ0) is 23.8. The third-order valence-electron chi connectivity index (χ3n) is 5.32. The molecule has 7 heteroatoms. The van der Waals surface area contributed by atoms with Gasteiger partial charge in [0.1, 0.15) is 5.75 Å². The lowest BCUT2D eigenvalue weighted by Crippen LogP contribution is -2.29. The van der Waals surface area contributed by atoms with Gasteiger partial charge in [0.2, 0.25) is 10.0 Å². The minimum Gasteiger partial charge on any atom is -0.494 e. The van der Waals surface area contributed by atoms with Crippen LogP contribution in [0.1, 0.15) is 41.3 Å². The topological polar surface area (TPSA) is 75.7 Å². The van der Waals surface area contributed by atoms with Crippen molar-refractivity contribution in [1.29, 1.82) is 0 Å². The van der Waals surface area contributed by atoms with E-state index in [1.165, 1.54) is 16.1 Å². The molecule has 0 saturated heterocycles. The van der Waals surface area contributed by atoms with Gasteiger partial charge >= 0.3 is 0 Å². The van der Waals surface area contributed by atoms with Crippen LogP contribution in [-0.4, -0.2) is 33.7 Å². The van der Waals surface area contributed by atoms with Gasteiger partial charge in [0, 0.05) is 12.1 Å². The summed E-state index contributed by atoms with van der Waals surface area (Å²) in [6.07, 6.45) is 1.18. The number of ether oxygens (including phenoxy) is 1. The fraction of sp³-hybridized carbons (Fsp3) is 0.269. The number of nitrogens with one attached hydrogen (secondary N) is 1. The first kappa shape index (κ1) is 24.3. The summed E-state index contributed by atoms with van der Waals surface area (Å²) in [5, 5.41) is 2.97. The molecule has 0 bridgehead atoms. The maximum Gasteiger partial charge on any atom is 0.251 e. The summed E-state index contributed by atoms with van der Waals surface area (Å²) in [6.45, 7) is 5.20. The predicted octanol–water partition coefficient (Wildman–Crippen LogP) is 4.59. The van der Waals surface area contributed by atoms with Crippen molar-refractivity contribution in [2.24, 2.45) is 0 Å². The van der Waals surface area contributed by atoms with Crippen LogP contribution < -0.4 is 14.4 Å². The lowest BCUT2D eigenvalue weighted by molar-refractivity contribution is 0.0951. The number of hydrogen-bond acceptors (Lipinski definition) is 4. The Labute approximate surface area is 196 Å². The lowest BCUT2D eigenvalue weighted by Gasteiger charge is -2.23. The smallest absolute Gasteiger partial charge is 0.251 e. The number of hydrogen-bond donors (Lipinski definition) is 1. The molecule has 0 saturated carbocycles. The molecule has 0 spiro atoms. The number of nitrogens with zero attached hydrogens (tertiary/aromatic N) is 1. The molecule has 0 aromatic heterocycles. The van der Waals surface area contributed by atoms with E-state index in [0.29, 0.717) is 30.2 Å². The van der Waals surface area contributed by atoms with Crippen molar-refractivity contribution in [3.8, 4) is 5.75 Å². The molecule has 3 rings (SSSR count). The van der Waals surface area contributed by atoms with Gasteiger partial charge < -0.3 is 10.1 Å². The second kappa shape index (κ2) is 11.0. The number of benzene rings is 3. The number of sulfonamides is 1. The van der Waals surface area contributed by atoms with Crippen LogP contribution in [0.3, 0.4) is 0 Å². The molecular weight excluding hydrogens is 436 g/mol. The molecule has 3 aromatic rings. The first-order valence-corrected chi connectivity index (χ1v) is 12.8. The van der Waals surface area contributed by atoms with Crippen LogP contribution in [0.4, 0.5) is 5.69 Å². The Morgan fingerprint density at radius 2 is 1.61 bits per heavy atom. The minimum atomic E-state index is -3.50. The summed E-state index contributed by atoms with van der Waals surface area (Å²) in [5.41, 5.74) is 3.04. The van der Waals surface area contributed by atoms with Crippen molar-refractivity contribution >= 4 is 21.6 Å². The van der Waals surface area contributed by atoms with Crippen LogP contribution in [0.15, 0.2) is 78.9 Å². The quantitative estimate of drug-likeness (QED) is 0.474. The summed E-state index contributed by atoms with van der Waals surface area (Å²) in [4.78, 5) is 12.6. The van der Waals surface area contributed by atoms with Crippen molar-refractivity contribution in [3.05, 3.63) is 95.6 Å². The van der Waals surface area contributed by atoms with Gasteiger partial charge in [0.25, 0.3) is 5.91 Å². The molecule has 0 aliphatic carbocycles. The van der Waals surface area contributed by atoms with Crippen LogP contribution in [-0.2, 0) is 16.6 Å². The Morgan fingerprint density at radius 3 is 2.18 bits per heavy atom. The number of carbonyl (C=O) groups excluding carboxylic acids is 1. The van der Waals surface area contributed by atoms with Crippen LogP contribution >= 0.6 is 0 Å². The molecule has 0 aliphatic rings. The largest absolute Gasteiger partial charge is 0.494 e. The number of amides is 1. The number of carbonyl (C=O) groups is 1. The van der Waals surface area contributed by atoms with E-state index in [2.05, 4.69) is 12.2 Å². The molecule has 0 unspecified atom stereocenters. The third-order valence-corrected chi connectivity index (χ3v) is 6.46. The fourth-order valence-electron chi connectivity index (χ4n) is 3.45. The molecule has 6 nitrogen and oxygen atoms in total. The second-order valence-electron chi connectivity index (χ2n) is 7.92. The Hall–Kier alpha value is -3.32. The summed E-state index contributed by atoms with van der Waals surface area (Å²) in [5.74, 6) is 0.731. The Bertz CT molecular complexity index is 1150. The molecule has 3 aromatic carbocycles. The second-order valence-corrected chi connectivity index (χ2v) is 9.82. The molecule has 0 radical (unpaired) electrons. The summed E-state index contributed by atoms with van der Waals surface area (Å²) < 4.78 is 31.6. The van der Waals surface area contributed by atoms with Crippen molar-refractivity contribution < 1.29 is 17.9 Å². The first-order chi connectivity index (χ1) is 15.8. The Morgan fingerprint density at radius 1 is 0.970 bits per heavy atom. The van der Waals surface area contributed by atoms with Gasteiger partial charge in [-0.05, 0) is 60.4 Å². The van der Waals surface area contributed by atoms with Gasteiger partial charge in [-0.15, -0.1) is 0 Å². The predicted molar refractivity (Wildman–Crippen MR) is 132 cm³/mol. The first-order valence-electron chi connectivity index (χ1n) is 10.9. The fourth-order valence-corrected chi connectivity index (χ4v) is 4.34. The maximum atomic E-state index is 12.6. The number of rotatable bonds is 10. The molecule has 0 fully saturated rings. The van der Waals surface area contributed by atoms with Crippen LogP contribution in [0, 0.1) is 0 Å². The molecular formula is C26H30N2O4S. The molecule has 174 valence electrons. The molecule has 1 atom stereocenters. The van der Waals surface area contributed by atoms with E-state index in [-0.39, 0.29) is 18.4 Å². The molecule has 0 aliphatic heterocycles. The standard InChI is InChI=1S/C26H30N2O4S/c1-4-32-25-16-14-24(15-17-25)28(33(3,30)31)19-21-10-12-23(13-11-21)26(29)27-18-20(2)22-8-6-5-7-9-22/h5-17,20H,4,18-19H2,1-3H3,(H,27,29)/t20-/m1/s1. The number of anilines is 1. The average molecular weight is 467 g/mol. The summed E-state index contributed by atoms with van der Waals surface area (Å²) in [6, 6.07) is 24.0. The van der Waals surface area contributed by atoms with Gasteiger partial charge in [0.15, 0.2) is 0 Å². The normalized spacial score (nSPS) is 12.1. The van der Waals surface area contributed by atoms with Crippen LogP contribution in [0.5, 0.6) is 5.75 Å². The van der Waals surface area contributed by atoms with E-state index in [1.807, 2.05) is 37.3 Å². The van der Waals surface area contributed by atoms with Gasteiger partial charge in [-0.2, -0.15) is 0 Å². The monoisotopic (exact) mass is 466 g/mol. The van der Waals surface area contributed by atoms with Crippen molar-refractivity contribution in [2.75, 3.05) is 23.7 Å². The average Bonchev–Trinajstić information content (AvgIpc) is 2.82. The summed E-state index contributed by atoms with van der Waals surface area (Å²) in [7, 11) is -3.50. The highest BCUT2D eigenvalue weighted by Crippen LogP contribution is 2.24. The maximum absolute atomic E-state index is 12.6. The highest BCUT2D eigenvalue weighted by molar-refractivity contribution is 7.92. The zero-order valence-electron chi connectivity index (χ0n) is 19.2. The van der Waals surface area contributed by atoms with Gasteiger partial charge in [-0.25, -0.2) is 8.42 Å². The highest BCUT2D eigenvalue weighted by atomic mass is 32.2. The summed E-state index contributed by atoms with van der Waals surface area (Å²) >= 11 is 0. The van der Waals surface area contributed by atoms with Gasteiger partial charge in [0.05, 0.1) is 25.1 Å². The highest BCUT2D eigenvalue weighted by Gasteiger charge is 2.18.